The molecule has 0 bridgehead atoms. The van der Waals surface area contributed by atoms with Gasteiger partial charge in [0.25, 0.3) is 0 Å². The predicted octanol–water partition coefficient (Wildman–Crippen LogP) is 5.48. The fraction of sp³-hybridized carbons (Fsp3) is 0.118. The van der Waals surface area contributed by atoms with Crippen LogP contribution < -0.4 is 0 Å². The van der Waals surface area contributed by atoms with Gasteiger partial charge in [0, 0.05) is 23.4 Å². The van der Waals surface area contributed by atoms with Crippen LogP contribution in [0.1, 0.15) is 18.5 Å². The molecule has 1 unspecified atom stereocenters. The number of halogens is 5. The molecule has 0 aliphatic carbocycles. The zero-order valence-electron chi connectivity index (χ0n) is 12.4. The monoisotopic (exact) mass is 398 g/mol. The maximum Gasteiger partial charge on any atom is 0.145 e. The highest BCUT2D eigenvalue weighted by atomic mass is 79.9. The number of nitrogens with zero attached hydrogens (tertiary/aromatic N) is 2. The summed E-state index contributed by atoms with van der Waals surface area (Å²) in [4.78, 5) is 0. The lowest BCUT2D eigenvalue weighted by atomic mass is 10.1. The highest BCUT2D eigenvalue weighted by Gasteiger charge is 2.16. The van der Waals surface area contributed by atoms with Crippen LogP contribution in [0.3, 0.4) is 0 Å². The highest BCUT2D eigenvalue weighted by Crippen LogP contribution is 2.30. The van der Waals surface area contributed by atoms with Gasteiger partial charge >= 0.3 is 0 Å². The van der Waals surface area contributed by atoms with Crippen molar-refractivity contribution in [2.75, 3.05) is 0 Å². The molecule has 3 rings (SSSR count). The summed E-state index contributed by atoms with van der Waals surface area (Å²) in [6.45, 7) is 1.70. The first-order valence-corrected chi connectivity index (χ1v) is 7.79. The van der Waals surface area contributed by atoms with Crippen molar-refractivity contribution in [3.8, 4) is 11.1 Å². The molecule has 0 spiro atoms. The van der Waals surface area contributed by atoms with Crippen LogP contribution in [0.2, 0.25) is 0 Å². The molecule has 7 heteroatoms. The summed E-state index contributed by atoms with van der Waals surface area (Å²) in [6.07, 6.45) is 2.87. The Labute approximate surface area is 143 Å². The van der Waals surface area contributed by atoms with Crippen molar-refractivity contribution in [3.05, 3.63) is 76.0 Å². The van der Waals surface area contributed by atoms with E-state index in [0.29, 0.717) is 11.1 Å². The summed E-state index contributed by atoms with van der Waals surface area (Å²) in [6, 6.07) is 4.80. The van der Waals surface area contributed by atoms with Crippen molar-refractivity contribution >= 4 is 15.9 Å². The smallest absolute Gasteiger partial charge is 0.145 e. The summed E-state index contributed by atoms with van der Waals surface area (Å²) in [7, 11) is 0. The molecule has 0 N–H and O–H groups in total. The summed E-state index contributed by atoms with van der Waals surface area (Å²) in [5, 5.41) is 4.10. The van der Waals surface area contributed by atoms with Gasteiger partial charge in [-0.15, -0.1) is 0 Å². The van der Waals surface area contributed by atoms with Crippen LogP contribution in [0.4, 0.5) is 17.6 Å². The molecule has 124 valence electrons. The Bertz CT molecular complexity index is 887. The Balaban J connectivity index is 1.99. The number of benzene rings is 2. The number of aromatic nitrogens is 2. The van der Waals surface area contributed by atoms with Gasteiger partial charge in [-0.05, 0) is 52.7 Å². The average Bonchev–Trinajstić information content (AvgIpc) is 2.98. The maximum absolute atomic E-state index is 14.2. The molecular weight excluding hydrogens is 388 g/mol. The van der Waals surface area contributed by atoms with Gasteiger partial charge in [0.1, 0.15) is 23.3 Å². The van der Waals surface area contributed by atoms with E-state index in [0.717, 1.165) is 18.2 Å². The minimum absolute atomic E-state index is 0.00509. The van der Waals surface area contributed by atoms with Gasteiger partial charge in [0.15, 0.2) is 0 Å². The Morgan fingerprint density at radius 3 is 2.25 bits per heavy atom. The van der Waals surface area contributed by atoms with E-state index in [2.05, 4.69) is 21.0 Å². The van der Waals surface area contributed by atoms with Crippen LogP contribution >= 0.6 is 15.9 Å². The highest BCUT2D eigenvalue weighted by molar-refractivity contribution is 9.10. The molecule has 0 radical (unpaired) electrons. The molecule has 3 aromatic rings. The van der Waals surface area contributed by atoms with Crippen molar-refractivity contribution < 1.29 is 17.6 Å². The molecule has 24 heavy (non-hydrogen) atoms. The quantitative estimate of drug-likeness (QED) is 0.422. The van der Waals surface area contributed by atoms with E-state index in [-0.39, 0.29) is 10.0 Å². The average molecular weight is 399 g/mol. The third-order valence-electron chi connectivity index (χ3n) is 3.67. The lowest BCUT2D eigenvalue weighted by Gasteiger charge is -2.13. The second kappa shape index (κ2) is 6.39. The number of hydrogen-bond acceptors (Lipinski definition) is 1. The van der Waals surface area contributed by atoms with E-state index < -0.39 is 29.3 Å². The molecule has 2 aromatic carbocycles. The van der Waals surface area contributed by atoms with Gasteiger partial charge in [-0.1, -0.05) is 0 Å². The Hall–Kier alpha value is -2.15. The van der Waals surface area contributed by atoms with Crippen LogP contribution in [0.25, 0.3) is 11.1 Å². The van der Waals surface area contributed by atoms with Crippen LogP contribution in [0.5, 0.6) is 0 Å². The van der Waals surface area contributed by atoms with Gasteiger partial charge in [-0.3, -0.25) is 4.68 Å². The summed E-state index contributed by atoms with van der Waals surface area (Å²) in [5.41, 5.74) is 0.783. The topological polar surface area (TPSA) is 17.8 Å². The fourth-order valence-corrected chi connectivity index (χ4v) is 2.86. The van der Waals surface area contributed by atoms with Crippen molar-refractivity contribution in [2.24, 2.45) is 0 Å². The standard InChI is InChI=1S/C17H11BrF4N2/c1-9(10-2-12(19)4-13(20)3-10)24-8-11(7-23-24)15-5-14(21)6-16(18)17(15)22/h2-9H,1H3. The normalized spacial score (nSPS) is 12.4. The Kier molecular flexibility index (Phi) is 4.45. The molecule has 1 aromatic heterocycles. The predicted molar refractivity (Wildman–Crippen MR) is 85.5 cm³/mol. The summed E-state index contributed by atoms with van der Waals surface area (Å²) < 4.78 is 55.8. The molecule has 0 aliphatic heterocycles. The Morgan fingerprint density at radius 1 is 0.958 bits per heavy atom. The van der Waals surface area contributed by atoms with E-state index in [9.17, 15) is 17.6 Å². The SMILES string of the molecule is CC(c1cc(F)cc(F)c1)n1cc(-c2cc(F)cc(Br)c2F)cn1. The van der Waals surface area contributed by atoms with Gasteiger partial charge in [-0.25, -0.2) is 17.6 Å². The van der Waals surface area contributed by atoms with Crippen molar-refractivity contribution in [3.63, 3.8) is 0 Å². The zero-order valence-corrected chi connectivity index (χ0v) is 14.0. The second-order valence-electron chi connectivity index (χ2n) is 5.34. The molecule has 1 atom stereocenters. The minimum Gasteiger partial charge on any atom is -0.265 e. The van der Waals surface area contributed by atoms with Crippen molar-refractivity contribution in [1.29, 1.82) is 0 Å². The zero-order chi connectivity index (χ0) is 17.4. The minimum atomic E-state index is -0.690. The first-order valence-electron chi connectivity index (χ1n) is 7.00. The molecular formula is C17H11BrF4N2. The summed E-state index contributed by atoms with van der Waals surface area (Å²) in [5.74, 6) is -2.58. The lowest BCUT2D eigenvalue weighted by molar-refractivity contribution is 0.539. The van der Waals surface area contributed by atoms with E-state index >= 15 is 0 Å². The van der Waals surface area contributed by atoms with Crippen LogP contribution in [-0.2, 0) is 0 Å². The van der Waals surface area contributed by atoms with E-state index in [4.69, 9.17) is 0 Å². The first kappa shape index (κ1) is 16.7. The van der Waals surface area contributed by atoms with Crippen molar-refractivity contribution in [2.45, 2.75) is 13.0 Å². The van der Waals surface area contributed by atoms with E-state index in [1.54, 1.807) is 6.92 Å². The molecule has 0 saturated carbocycles. The lowest BCUT2D eigenvalue weighted by Crippen LogP contribution is -2.07. The molecule has 2 nitrogen and oxygen atoms in total. The van der Waals surface area contributed by atoms with Gasteiger partial charge in [-0.2, -0.15) is 5.10 Å². The van der Waals surface area contributed by atoms with Gasteiger partial charge in [0.05, 0.1) is 16.7 Å². The van der Waals surface area contributed by atoms with E-state index in [1.165, 1.54) is 29.2 Å². The van der Waals surface area contributed by atoms with Gasteiger partial charge < -0.3 is 0 Å². The largest absolute Gasteiger partial charge is 0.265 e. The second-order valence-corrected chi connectivity index (χ2v) is 6.19. The van der Waals surface area contributed by atoms with Crippen LogP contribution in [0.15, 0.2) is 47.2 Å². The third kappa shape index (κ3) is 3.21. The molecule has 0 saturated heterocycles. The van der Waals surface area contributed by atoms with Crippen LogP contribution in [0, 0.1) is 23.3 Å². The summed E-state index contributed by atoms with van der Waals surface area (Å²) >= 11 is 2.96. The third-order valence-corrected chi connectivity index (χ3v) is 4.25. The fourth-order valence-electron chi connectivity index (χ4n) is 2.42. The molecule has 1 heterocycles. The van der Waals surface area contributed by atoms with Gasteiger partial charge in [0.2, 0.25) is 0 Å². The Morgan fingerprint density at radius 2 is 1.58 bits per heavy atom. The van der Waals surface area contributed by atoms with Crippen LogP contribution in [-0.4, -0.2) is 9.78 Å². The molecule has 0 aliphatic rings. The number of rotatable bonds is 3. The number of hydrogen-bond donors (Lipinski definition) is 0. The molecule has 0 fully saturated rings. The van der Waals surface area contributed by atoms with Crippen molar-refractivity contribution in [1.82, 2.24) is 9.78 Å². The van der Waals surface area contributed by atoms with E-state index in [1.807, 2.05) is 0 Å². The maximum atomic E-state index is 14.2. The first-order chi connectivity index (χ1) is 11.3. The molecule has 0 amide bonds.